The number of fused-ring (bicyclic) bond motifs is 1. The lowest BCUT2D eigenvalue weighted by atomic mass is 10.1. The van der Waals surface area contributed by atoms with Crippen molar-refractivity contribution in [3.05, 3.63) is 57.4 Å². The maximum Gasteiger partial charge on any atom is 0.282 e. The van der Waals surface area contributed by atoms with E-state index in [1.165, 1.54) is 30.5 Å². The summed E-state index contributed by atoms with van der Waals surface area (Å²) in [6, 6.07) is 5.63. The van der Waals surface area contributed by atoms with Gasteiger partial charge in [-0.1, -0.05) is 0 Å². The number of rotatable bonds is 5. The number of nitrogens with one attached hydrogen (secondary N) is 1. The van der Waals surface area contributed by atoms with Crippen LogP contribution in [0.4, 0.5) is 5.69 Å². The Labute approximate surface area is 140 Å². The summed E-state index contributed by atoms with van der Waals surface area (Å²) in [5.74, 6) is 0.0988. The Morgan fingerprint density at radius 2 is 2.16 bits per heavy atom. The summed E-state index contributed by atoms with van der Waals surface area (Å²) < 4.78 is 10.3. The van der Waals surface area contributed by atoms with Gasteiger partial charge in [0.1, 0.15) is 0 Å². The van der Waals surface area contributed by atoms with Gasteiger partial charge in [-0.25, -0.2) is 5.43 Å². The molecule has 0 spiro atoms. The van der Waals surface area contributed by atoms with Crippen molar-refractivity contribution in [2.24, 2.45) is 5.10 Å². The van der Waals surface area contributed by atoms with E-state index in [4.69, 9.17) is 14.6 Å². The fourth-order valence-corrected chi connectivity index (χ4v) is 2.09. The van der Waals surface area contributed by atoms with Gasteiger partial charge in [0.05, 0.1) is 40.6 Å². The second-order valence-corrected chi connectivity index (χ2v) is 4.92. The minimum absolute atomic E-state index is 0.0132. The Balaban J connectivity index is 1.75. The van der Waals surface area contributed by atoms with Crippen molar-refractivity contribution in [1.82, 2.24) is 10.4 Å². The number of nitro groups is 1. The number of aromatic nitrogens is 1. The molecule has 1 aromatic carbocycles. The number of aliphatic hydroxyl groups is 1. The predicted octanol–water partition coefficient (Wildman–Crippen LogP) is 0.975. The summed E-state index contributed by atoms with van der Waals surface area (Å²) >= 11 is 0. The van der Waals surface area contributed by atoms with Crippen LogP contribution in [0.1, 0.15) is 21.6 Å². The Bertz CT molecular complexity index is 850. The highest BCUT2D eigenvalue weighted by Gasteiger charge is 2.22. The SMILES string of the molecule is O=C(NN=Cc1cc2c(cc1[N+](=O)[O-])OCO2)c1ccc(CO)nc1. The lowest BCUT2D eigenvalue weighted by Crippen LogP contribution is -2.18. The number of hydrazone groups is 1. The topological polar surface area (TPSA) is 136 Å². The molecule has 1 aromatic heterocycles. The van der Waals surface area contributed by atoms with E-state index >= 15 is 0 Å². The van der Waals surface area contributed by atoms with Crippen LogP contribution >= 0.6 is 0 Å². The van der Waals surface area contributed by atoms with Crippen molar-refractivity contribution in [2.45, 2.75) is 6.61 Å². The molecule has 2 N–H and O–H groups in total. The predicted molar refractivity (Wildman–Crippen MR) is 84.4 cm³/mol. The highest BCUT2D eigenvalue weighted by atomic mass is 16.7. The number of amides is 1. The highest BCUT2D eigenvalue weighted by Crippen LogP contribution is 2.37. The van der Waals surface area contributed by atoms with Crippen LogP contribution in [-0.2, 0) is 6.61 Å². The van der Waals surface area contributed by atoms with Crippen LogP contribution in [0.2, 0.25) is 0 Å². The van der Waals surface area contributed by atoms with Crippen LogP contribution < -0.4 is 14.9 Å². The molecule has 0 atom stereocenters. The van der Waals surface area contributed by atoms with Gasteiger partial charge < -0.3 is 14.6 Å². The van der Waals surface area contributed by atoms with E-state index in [1.807, 2.05) is 0 Å². The zero-order chi connectivity index (χ0) is 17.8. The van der Waals surface area contributed by atoms with Crippen LogP contribution in [0.25, 0.3) is 0 Å². The molecule has 128 valence electrons. The molecule has 2 heterocycles. The number of carbonyl (C=O) groups excluding carboxylic acids is 1. The zero-order valence-corrected chi connectivity index (χ0v) is 12.7. The monoisotopic (exact) mass is 344 g/mol. The van der Waals surface area contributed by atoms with E-state index in [0.717, 1.165) is 6.21 Å². The summed E-state index contributed by atoms with van der Waals surface area (Å²) in [5.41, 5.74) is 2.84. The fourth-order valence-electron chi connectivity index (χ4n) is 2.09. The third-order valence-corrected chi connectivity index (χ3v) is 3.34. The molecule has 1 aliphatic heterocycles. The van der Waals surface area contributed by atoms with Gasteiger partial charge in [0.15, 0.2) is 11.5 Å². The average Bonchev–Trinajstić information content (AvgIpc) is 3.08. The van der Waals surface area contributed by atoms with E-state index in [-0.39, 0.29) is 36.0 Å². The molecule has 1 aliphatic rings. The average molecular weight is 344 g/mol. The van der Waals surface area contributed by atoms with Crippen LogP contribution in [-0.4, -0.2) is 33.9 Å². The van der Waals surface area contributed by atoms with Gasteiger partial charge in [-0.3, -0.25) is 19.9 Å². The molecule has 0 saturated carbocycles. The smallest absolute Gasteiger partial charge is 0.282 e. The first-order valence-electron chi connectivity index (χ1n) is 7.05. The van der Waals surface area contributed by atoms with Gasteiger partial charge in [0.25, 0.3) is 11.6 Å². The molecule has 3 rings (SSSR count). The number of nitrogens with zero attached hydrogens (tertiary/aromatic N) is 3. The van der Waals surface area contributed by atoms with Crippen molar-refractivity contribution in [3.63, 3.8) is 0 Å². The standard InChI is InChI=1S/C15H12N4O6/c20-7-11-2-1-9(5-16-11)15(21)18-17-6-10-3-13-14(25-8-24-13)4-12(10)19(22)23/h1-6,20H,7-8H2,(H,18,21). The number of aliphatic hydroxyl groups excluding tert-OH is 1. The summed E-state index contributed by atoms with van der Waals surface area (Å²) in [6.07, 6.45) is 2.44. The van der Waals surface area contributed by atoms with E-state index in [9.17, 15) is 14.9 Å². The van der Waals surface area contributed by atoms with Crippen molar-refractivity contribution < 1.29 is 24.3 Å². The van der Waals surface area contributed by atoms with Gasteiger partial charge in [0, 0.05) is 6.20 Å². The molecule has 0 aliphatic carbocycles. The first kappa shape index (κ1) is 16.3. The van der Waals surface area contributed by atoms with Gasteiger partial charge in [-0.15, -0.1) is 0 Å². The number of hydrogen-bond acceptors (Lipinski definition) is 8. The lowest BCUT2D eigenvalue weighted by molar-refractivity contribution is -0.385. The van der Waals surface area contributed by atoms with Gasteiger partial charge in [-0.05, 0) is 18.2 Å². The number of nitro benzene ring substituents is 1. The molecule has 0 bridgehead atoms. The highest BCUT2D eigenvalue weighted by molar-refractivity contribution is 5.95. The van der Waals surface area contributed by atoms with Crippen molar-refractivity contribution in [3.8, 4) is 11.5 Å². The second kappa shape index (κ2) is 6.93. The molecule has 1 amide bonds. The third kappa shape index (κ3) is 3.53. The number of pyridine rings is 1. The Kier molecular flexibility index (Phi) is 4.53. The Hall–Kier alpha value is -3.53. The van der Waals surface area contributed by atoms with E-state index in [2.05, 4.69) is 15.5 Å². The largest absolute Gasteiger partial charge is 0.454 e. The Morgan fingerprint density at radius 3 is 2.80 bits per heavy atom. The van der Waals surface area contributed by atoms with Crippen LogP contribution in [0, 0.1) is 10.1 Å². The summed E-state index contributed by atoms with van der Waals surface area (Å²) in [7, 11) is 0. The van der Waals surface area contributed by atoms with E-state index < -0.39 is 10.8 Å². The van der Waals surface area contributed by atoms with Crippen LogP contribution in [0.3, 0.4) is 0 Å². The Morgan fingerprint density at radius 1 is 1.40 bits per heavy atom. The minimum atomic E-state index is -0.581. The second-order valence-electron chi connectivity index (χ2n) is 4.92. The molecule has 0 saturated heterocycles. The zero-order valence-electron chi connectivity index (χ0n) is 12.7. The van der Waals surface area contributed by atoms with Crippen LogP contribution in [0.15, 0.2) is 35.6 Å². The first-order valence-corrected chi connectivity index (χ1v) is 7.05. The number of hydrogen-bond donors (Lipinski definition) is 2. The third-order valence-electron chi connectivity index (χ3n) is 3.34. The minimum Gasteiger partial charge on any atom is -0.454 e. The quantitative estimate of drug-likeness (QED) is 0.468. The molecule has 0 radical (unpaired) electrons. The number of ether oxygens (including phenoxy) is 2. The molecule has 10 nitrogen and oxygen atoms in total. The molecule has 10 heteroatoms. The first-order chi connectivity index (χ1) is 12.1. The normalized spacial score (nSPS) is 12.4. The summed E-state index contributed by atoms with van der Waals surface area (Å²) in [5, 5.41) is 23.8. The van der Waals surface area contributed by atoms with Gasteiger partial charge in [0.2, 0.25) is 6.79 Å². The van der Waals surface area contributed by atoms with E-state index in [1.54, 1.807) is 0 Å². The lowest BCUT2D eigenvalue weighted by Gasteiger charge is -2.02. The summed E-state index contributed by atoms with van der Waals surface area (Å²) in [4.78, 5) is 26.4. The molecular formula is C15H12N4O6. The van der Waals surface area contributed by atoms with Gasteiger partial charge in [-0.2, -0.15) is 5.10 Å². The molecule has 2 aromatic rings. The molecule has 0 unspecified atom stereocenters. The fraction of sp³-hybridized carbons (Fsp3) is 0.133. The maximum absolute atomic E-state index is 11.9. The molecular weight excluding hydrogens is 332 g/mol. The van der Waals surface area contributed by atoms with Gasteiger partial charge >= 0.3 is 0 Å². The van der Waals surface area contributed by atoms with Crippen molar-refractivity contribution in [2.75, 3.05) is 6.79 Å². The molecule has 25 heavy (non-hydrogen) atoms. The number of benzene rings is 1. The number of carbonyl (C=O) groups is 1. The maximum atomic E-state index is 11.9. The van der Waals surface area contributed by atoms with Crippen LogP contribution in [0.5, 0.6) is 11.5 Å². The van der Waals surface area contributed by atoms with Crippen molar-refractivity contribution in [1.29, 1.82) is 0 Å². The van der Waals surface area contributed by atoms with E-state index in [0.29, 0.717) is 11.4 Å². The summed E-state index contributed by atoms with van der Waals surface area (Å²) in [6.45, 7) is -0.242. The molecule has 0 fully saturated rings. The van der Waals surface area contributed by atoms with Crippen molar-refractivity contribution >= 4 is 17.8 Å².